The Balaban J connectivity index is 2.01. The number of hydrogen-bond donors (Lipinski definition) is 2. The first-order valence-corrected chi connectivity index (χ1v) is 6.90. The predicted octanol–water partition coefficient (Wildman–Crippen LogP) is 0.636. The van der Waals surface area contributed by atoms with Gasteiger partial charge in [0.25, 0.3) is 5.56 Å². The maximum absolute atomic E-state index is 11.9. The molecule has 0 spiro atoms. The molecule has 86 valence electrons. The minimum absolute atomic E-state index is 0.0819. The average Bonchev–Trinajstić information content (AvgIpc) is 2.82. The number of hydrogen-bond acceptors (Lipinski definition) is 4. The molecule has 1 aromatic rings. The van der Waals surface area contributed by atoms with Crippen molar-refractivity contribution in [3.05, 3.63) is 27.4 Å². The second-order valence-corrected chi connectivity index (χ2v) is 5.51. The van der Waals surface area contributed by atoms with Gasteiger partial charge in [0, 0.05) is 23.8 Å². The summed E-state index contributed by atoms with van der Waals surface area (Å²) >= 11 is 1.94. The van der Waals surface area contributed by atoms with Crippen LogP contribution in [0, 0.1) is 0 Å². The molecule has 16 heavy (non-hydrogen) atoms. The predicted molar refractivity (Wildman–Crippen MR) is 65.0 cm³/mol. The van der Waals surface area contributed by atoms with Crippen molar-refractivity contribution < 1.29 is 0 Å². The van der Waals surface area contributed by atoms with Crippen LogP contribution in [0.1, 0.15) is 29.4 Å². The van der Waals surface area contributed by atoms with Gasteiger partial charge < -0.3 is 10.3 Å². The maximum Gasteiger partial charge on any atom is 0.254 e. The normalized spacial score (nSPS) is 24.4. The van der Waals surface area contributed by atoms with Crippen LogP contribution in [0.5, 0.6) is 0 Å². The molecule has 2 aliphatic heterocycles. The van der Waals surface area contributed by atoms with Crippen molar-refractivity contribution in [1.29, 1.82) is 0 Å². The summed E-state index contributed by atoms with van der Waals surface area (Å²) in [6.45, 7) is 1.63. The molecule has 4 nitrogen and oxygen atoms in total. The molecule has 0 aromatic carbocycles. The highest BCUT2D eigenvalue weighted by Gasteiger charge is 2.22. The van der Waals surface area contributed by atoms with Crippen LogP contribution in [-0.2, 0) is 13.0 Å². The van der Waals surface area contributed by atoms with Crippen LogP contribution in [0.3, 0.4) is 0 Å². The number of nitrogens with zero attached hydrogens (tertiary/aromatic N) is 1. The van der Waals surface area contributed by atoms with Gasteiger partial charge in [0.05, 0.1) is 5.69 Å². The van der Waals surface area contributed by atoms with Gasteiger partial charge in [-0.25, -0.2) is 4.98 Å². The molecular weight excluding hydrogens is 222 g/mol. The van der Waals surface area contributed by atoms with Gasteiger partial charge >= 0.3 is 0 Å². The van der Waals surface area contributed by atoms with Gasteiger partial charge in [-0.3, -0.25) is 4.79 Å². The van der Waals surface area contributed by atoms with Crippen LogP contribution in [0.25, 0.3) is 0 Å². The van der Waals surface area contributed by atoms with Crippen molar-refractivity contribution in [3.8, 4) is 0 Å². The summed E-state index contributed by atoms with van der Waals surface area (Å²) in [4.78, 5) is 19.5. The molecule has 0 amide bonds. The molecule has 0 radical (unpaired) electrons. The summed E-state index contributed by atoms with van der Waals surface area (Å²) in [5.74, 6) is 3.63. The van der Waals surface area contributed by atoms with Crippen molar-refractivity contribution in [2.45, 2.75) is 25.3 Å². The highest BCUT2D eigenvalue weighted by molar-refractivity contribution is 7.99. The van der Waals surface area contributed by atoms with Crippen molar-refractivity contribution >= 4 is 11.8 Å². The van der Waals surface area contributed by atoms with E-state index < -0.39 is 0 Å². The van der Waals surface area contributed by atoms with E-state index in [1.165, 1.54) is 5.75 Å². The van der Waals surface area contributed by atoms with Gasteiger partial charge in [0.2, 0.25) is 0 Å². The third-order valence-electron chi connectivity index (χ3n) is 3.28. The number of H-pyrrole nitrogens is 1. The van der Waals surface area contributed by atoms with Gasteiger partial charge in [0.15, 0.2) is 0 Å². The van der Waals surface area contributed by atoms with Crippen molar-refractivity contribution in [2.24, 2.45) is 0 Å². The van der Waals surface area contributed by atoms with Gasteiger partial charge in [0.1, 0.15) is 5.82 Å². The molecule has 3 heterocycles. The van der Waals surface area contributed by atoms with E-state index in [0.29, 0.717) is 5.92 Å². The number of fused-ring (bicyclic) bond motifs is 1. The highest BCUT2D eigenvalue weighted by atomic mass is 32.2. The Morgan fingerprint density at radius 1 is 1.44 bits per heavy atom. The van der Waals surface area contributed by atoms with Gasteiger partial charge in [-0.2, -0.15) is 11.8 Å². The Kier molecular flexibility index (Phi) is 2.73. The summed E-state index contributed by atoms with van der Waals surface area (Å²) in [6.07, 6.45) is 1.94. The average molecular weight is 237 g/mol. The molecule has 2 N–H and O–H groups in total. The second-order valence-electron chi connectivity index (χ2n) is 4.36. The minimum atomic E-state index is 0.0819. The number of thioether (sulfide) groups is 1. The Morgan fingerprint density at radius 2 is 2.38 bits per heavy atom. The van der Waals surface area contributed by atoms with E-state index in [2.05, 4.69) is 15.3 Å². The molecular formula is C11H15N3OS. The lowest BCUT2D eigenvalue weighted by Gasteiger charge is -2.17. The van der Waals surface area contributed by atoms with Gasteiger partial charge in [-0.15, -0.1) is 0 Å². The van der Waals surface area contributed by atoms with Crippen LogP contribution < -0.4 is 10.9 Å². The minimum Gasteiger partial charge on any atom is -0.311 e. The van der Waals surface area contributed by atoms with Crippen molar-refractivity contribution in [2.75, 3.05) is 18.1 Å². The first-order chi connectivity index (χ1) is 7.84. The Morgan fingerprint density at radius 3 is 3.19 bits per heavy atom. The molecule has 0 bridgehead atoms. The third-order valence-corrected chi connectivity index (χ3v) is 4.44. The lowest BCUT2D eigenvalue weighted by molar-refractivity contribution is 0.599. The first-order valence-electron chi connectivity index (χ1n) is 5.75. The zero-order valence-electron chi connectivity index (χ0n) is 9.08. The van der Waals surface area contributed by atoms with E-state index >= 15 is 0 Å². The monoisotopic (exact) mass is 237 g/mol. The van der Waals surface area contributed by atoms with Gasteiger partial charge in [-0.1, -0.05) is 0 Å². The van der Waals surface area contributed by atoms with Crippen LogP contribution in [0.2, 0.25) is 0 Å². The quantitative estimate of drug-likeness (QED) is 0.752. The fraction of sp³-hybridized carbons (Fsp3) is 0.636. The van der Waals surface area contributed by atoms with Crippen LogP contribution in [0.4, 0.5) is 0 Å². The number of aromatic nitrogens is 2. The largest absolute Gasteiger partial charge is 0.311 e. The summed E-state index contributed by atoms with van der Waals surface area (Å²) in [5, 5.41) is 3.27. The molecule has 2 aliphatic rings. The number of nitrogens with one attached hydrogen (secondary N) is 2. The van der Waals surface area contributed by atoms with E-state index in [9.17, 15) is 4.79 Å². The number of aromatic amines is 1. The molecule has 0 aliphatic carbocycles. The Hall–Kier alpha value is -0.810. The zero-order valence-corrected chi connectivity index (χ0v) is 9.90. The van der Waals surface area contributed by atoms with E-state index in [-0.39, 0.29) is 5.56 Å². The second kappa shape index (κ2) is 4.22. The molecule has 3 rings (SSSR count). The highest BCUT2D eigenvalue weighted by Crippen LogP contribution is 2.30. The lowest BCUT2D eigenvalue weighted by atomic mass is 10.1. The zero-order chi connectivity index (χ0) is 11.0. The third kappa shape index (κ3) is 1.78. The van der Waals surface area contributed by atoms with E-state index in [0.717, 1.165) is 48.8 Å². The summed E-state index contributed by atoms with van der Waals surface area (Å²) in [6, 6.07) is 0. The SMILES string of the molecule is O=c1[nH]c(C2CCSC2)nc2c1CCNC2. The number of rotatable bonds is 1. The first kappa shape index (κ1) is 10.4. The maximum atomic E-state index is 11.9. The molecule has 0 saturated carbocycles. The molecule has 1 unspecified atom stereocenters. The molecule has 1 saturated heterocycles. The fourth-order valence-corrected chi connectivity index (χ4v) is 3.56. The fourth-order valence-electron chi connectivity index (χ4n) is 2.33. The van der Waals surface area contributed by atoms with Gasteiger partial charge in [-0.05, 0) is 25.1 Å². The van der Waals surface area contributed by atoms with E-state index in [1.54, 1.807) is 0 Å². The van der Waals surface area contributed by atoms with Crippen LogP contribution in [0.15, 0.2) is 4.79 Å². The lowest BCUT2D eigenvalue weighted by Crippen LogP contribution is -2.32. The Labute approximate surface area is 98.2 Å². The van der Waals surface area contributed by atoms with E-state index in [4.69, 9.17) is 0 Å². The topological polar surface area (TPSA) is 57.8 Å². The summed E-state index contributed by atoms with van der Waals surface area (Å²) in [7, 11) is 0. The Bertz CT molecular complexity index is 451. The molecule has 1 atom stereocenters. The smallest absolute Gasteiger partial charge is 0.254 e. The van der Waals surface area contributed by atoms with Crippen LogP contribution >= 0.6 is 11.8 Å². The molecule has 5 heteroatoms. The van der Waals surface area contributed by atoms with Crippen molar-refractivity contribution in [3.63, 3.8) is 0 Å². The van der Waals surface area contributed by atoms with Crippen molar-refractivity contribution in [1.82, 2.24) is 15.3 Å². The summed E-state index contributed by atoms with van der Waals surface area (Å²) < 4.78 is 0. The molecule has 1 fully saturated rings. The molecule has 1 aromatic heterocycles. The van der Waals surface area contributed by atoms with E-state index in [1.807, 2.05) is 11.8 Å². The summed E-state index contributed by atoms with van der Waals surface area (Å²) in [5.41, 5.74) is 1.92. The van der Waals surface area contributed by atoms with Crippen LogP contribution in [-0.4, -0.2) is 28.0 Å². The standard InChI is InChI=1S/C11H15N3OS/c15-11-8-1-3-12-5-9(8)13-10(14-11)7-2-4-16-6-7/h7,12H,1-6H2,(H,13,14,15).